The summed E-state index contributed by atoms with van der Waals surface area (Å²) in [6, 6.07) is 7.64. The van der Waals surface area contributed by atoms with E-state index in [0.717, 1.165) is 16.9 Å². The summed E-state index contributed by atoms with van der Waals surface area (Å²) < 4.78 is 5.08. The van der Waals surface area contributed by atoms with E-state index in [2.05, 4.69) is 10.2 Å². The van der Waals surface area contributed by atoms with Crippen molar-refractivity contribution in [3.63, 3.8) is 0 Å². The standard InChI is InChI=1S/C11H11N3O/c1-15-9-4-2-8(3-5-9)10-6-13-14-7-11(10)12/h2-7H,1H3,(H2,12,13). The monoisotopic (exact) mass is 201 g/mol. The molecule has 76 valence electrons. The minimum absolute atomic E-state index is 0.621. The van der Waals surface area contributed by atoms with Crippen LogP contribution in [0.25, 0.3) is 11.1 Å². The van der Waals surface area contributed by atoms with Crippen molar-refractivity contribution >= 4 is 5.69 Å². The third-order valence-corrected chi connectivity index (χ3v) is 2.16. The highest BCUT2D eigenvalue weighted by Crippen LogP contribution is 2.25. The van der Waals surface area contributed by atoms with Crippen LogP contribution < -0.4 is 10.5 Å². The summed E-state index contributed by atoms with van der Waals surface area (Å²) in [6.07, 6.45) is 3.19. The van der Waals surface area contributed by atoms with Crippen molar-refractivity contribution in [2.24, 2.45) is 0 Å². The summed E-state index contributed by atoms with van der Waals surface area (Å²) in [4.78, 5) is 0. The van der Waals surface area contributed by atoms with Crippen molar-refractivity contribution in [1.82, 2.24) is 10.2 Å². The first-order valence-electron chi connectivity index (χ1n) is 4.52. The highest BCUT2D eigenvalue weighted by Gasteiger charge is 2.02. The number of hydrogen-bond donors (Lipinski definition) is 1. The Bertz CT molecular complexity index is 454. The van der Waals surface area contributed by atoms with E-state index in [1.165, 1.54) is 0 Å². The molecular weight excluding hydrogens is 190 g/mol. The van der Waals surface area contributed by atoms with Crippen molar-refractivity contribution in [3.8, 4) is 16.9 Å². The fourth-order valence-electron chi connectivity index (χ4n) is 1.34. The number of anilines is 1. The zero-order valence-corrected chi connectivity index (χ0v) is 8.34. The Balaban J connectivity index is 2.42. The lowest BCUT2D eigenvalue weighted by Crippen LogP contribution is -1.93. The molecule has 1 aromatic heterocycles. The number of benzene rings is 1. The predicted octanol–water partition coefficient (Wildman–Crippen LogP) is 1.73. The fourth-order valence-corrected chi connectivity index (χ4v) is 1.34. The van der Waals surface area contributed by atoms with Crippen LogP contribution in [0.5, 0.6) is 5.75 Å². The average molecular weight is 201 g/mol. The second-order valence-corrected chi connectivity index (χ2v) is 3.09. The summed E-state index contributed by atoms with van der Waals surface area (Å²) in [6.45, 7) is 0. The van der Waals surface area contributed by atoms with E-state index < -0.39 is 0 Å². The predicted molar refractivity (Wildman–Crippen MR) is 58.4 cm³/mol. The van der Waals surface area contributed by atoms with Gasteiger partial charge < -0.3 is 10.5 Å². The summed E-state index contributed by atoms with van der Waals surface area (Å²) >= 11 is 0. The third kappa shape index (κ3) is 1.88. The van der Waals surface area contributed by atoms with Crippen LogP contribution in [0.1, 0.15) is 0 Å². The molecule has 4 heteroatoms. The van der Waals surface area contributed by atoms with Gasteiger partial charge in [-0.15, -0.1) is 0 Å². The summed E-state index contributed by atoms with van der Waals surface area (Å²) in [5.41, 5.74) is 8.29. The number of aromatic nitrogens is 2. The van der Waals surface area contributed by atoms with Gasteiger partial charge in [-0.25, -0.2) is 0 Å². The van der Waals surface area contributed by atoms with E-state index in [-0.39, 0.29) is 0 Å². The molecule has 0 bridgehead atoms. The van der Waals surface area contributed by atoms with Crippen LogP contribution in [0.3, 0.4) is 0 Å². The first kappa shape index (κ1) is 9.45. The number of nitrogen functional groups attached to an aromatic ring is 1. The molecule has 0 saturated heterocycles. The molecule has 1 heterocycles. The summed E-state index contributed by atoms with van der Waals surface area (Å²) in [5.74, 6) is 0.819. The zero-order chi connectivity index (χ0) is 10.7. The van der Waals surface area contributed by atoms with Crippen LogP contribution in [0.2, 0.25) is 0 Å². The summed E-state index contributed by atoms with van der Waals surface area (Å²) in [5, 5.41) is 7.51. The second kappa shape index (κ2) is 3.96. The van der Waals surface area contributed by atoms with Gasteiger partial charge in [0, 0.05) is 5.56 Å². The van der Waals surface area contributed by atoms with E-state index in [1.807, 2.05) is 24.3 Å². The maximum absolute atomic E-state index is 5.79. The van der Waals surface area contributed by atoms with E-state index in [9.17, 15) is 0 Å². The molecule has 15 heavy (non-hydrogen) atoms. The number of ether oxygens (including phenoxy) is 1. The SMILES string of the molecule is COc1ccc(-c2cnncc2N)cc1. The zero-order valence-electron chi connectivity index (χ0n) is 8.34. The Morgan fingerprint density at radius 3 is 2.33 bits per heavy atom. The molecule has 0 spiro atoms. The maximum atomic E-state index is 5.79. The molecule has 2 rings (SSSR count). The molecule has 0 fully saturated rings. The first-order chi connectivity index (χ1) is 7.31. The minimum Gasteiger partial charge on any atom is -0.497 e. The van der Waals surface area contributed by atoms with Crippen LogP contribution in [0.4, 0.5) is 5.69 Å². The Labute approximate surface area is 87.7 Å². The highest BCUT2D eigenvalue weighted by molar-refractivity contribution is 5.74. The van der Waals surface area contributed by atoms with E-state index in [4.69, 9.17) is 10.5 Å². The molecule has 0 atom stereocenters. The number of hydrogen-bond acceptors (Lipinski definition) is 4. The molecule has 2 N–H and O–H groups in total. The number of rotatable bonds is 2. The third-order valence-electron chi connectivity index (χ3n) is 2.16. The van der Waals surface area contributed by atoms with Crippen molar-refractivity contribution in [2.75, 3.05) is 12.8 Å². The Morgan fingerprint density at radius 1 is 1.07 bits per heavy atom. The Kier molecular flexibility index (Phi) is 2.49. The van der Waals surface area contributed by atoms with Crippen molar-refractivity contribution in [2.45, 2.75) is 0 Å². The molecule has 0 aliphatic carbocycles. The molecule has 0 aliphatic heterocycles. The molecule has 0 unspecified atom stereocenters. The normalized spacial score (nSPS) is 9.93. The van der Waals surface area contributed by atoms with E-state index in [1.54, 1.807) is 19.5 Å². The molecule has 0 aliphatic rings. The molecule has 0 amide bonds. The van der Waals surface area contributed by atoms with Crippen molar-refractivity contribution in [1.29, 1.82) is 0 Å². The van der Waals surface area contributed by atoms with Gasteiger partial charge in [0.25, 0.3) is 0 Å². The summed E-state index contributed by atoms with van der Waals surface area (Å²) in [7, 11) is 1.64. The highest BCUT2D eigenvalue weighted by atomic mass is 16.5. The molecule has 4 nitrogen and oxygen atoms in total. The van der Waals surface area contributed by atoms with E-state index >= 15 is 0 Å². The smallest absolute Gasteiger partial charge is 0.118 e. The topological polar surface area (TPSA) is 61.0 Å². The first-order valence-corrected chi connectivity index (χ1v) is 4.52. The van der Waals surface area contributed by atoms with Gasteiger partial charge in [-0.1, -0.05) is 12.1 Å². The molecule has 0 radical (unpaired) electrons. The number of methoxy groups -OCH3 is 1. The van der Waals surface area contributed by atoms with Crippen LogP contribution in [-0.4, -0.2) is 17.3 Å². The Hall–Kier alpha value is -2.10. The van der Waals surface area contributed by atoms with Gasteiger partial charge in [0.05, 0.1) is 25.2 Å². The van der Waals surface area contributed by atoms with Gasteiger partial charge in [-0.3, -0.25) is 0 Å². The van der Waals surface area contributed by atoms with Gasteiger partial charge in [0.2, 0.25) is 0 Å². The van der Waals surface area contributed by atoms with Gasteiger partial charge >= 0.3 is 0 Å². The lowest BCUT2D eigenvalue weighted by molar-refractivity contribution is 0.415. The van der Waals surface area contributed by atoms with Gasteiger partial charge in [-0.05, 0) is 17.7 Å². The van der Waals surface area contributed by atoms with Crippen LogP contribution in [-0.2, 0) is 0 Å². The number of nitrogens with two attached hydrogens (primary N) is 1. The van der Waals surface area contributed by atoms with Crippen LogP contribution in [0, 0.1) is 0 Å². The molecule has 0 saturated carbocycles. The molecule has 1 aromatic carbocycles. The van der Waals surface area contributed by atoms with Crippen molar-refractivity contribution < 1.29 is 4.74 Å². The van der Waals surface area contributed by atoms with Crippen molar-refractivity contribution in [3.05, 3.63) is 36.7 Å². The average Bonchev–Trinajstić information content (AvgIpc) is 2.30. The minimum atomic E-state index is 0.621. The fraction of sp³-hybridized carbons (Fsp3) is 0.0909. The largest absolute Gasteiger partial charge is 0.497 e. The maximum Gasteiger partial charge on any atom is 0.118 e. The molecule has 2 aromatic rings. The lowest BCUT2D eigenvalue weighted by Gasteiger charge is -2.05. The van der Waals surface area contributed by atoms with Crippen LogP contribution in [0.15, 0.2) is 36.7 Å². The molecular formula is C11H11N3O. The van der Waals surface area contributed by atoms with Crippen LogP contribution >= 0.6 is 0 Å². The van der Waals surface area contributed by atoms with Gasteiger partial charge in [-0.2, -0.15) is 10.2 Å². The van der Waals surface area contributed by atoms with E-state index in [0.29, 0.717) is 5.69 Å². The second-order valence-electron chi connectivity index (χ2n) is 3.09. The van der Waals surface area contributed by atoms with Gasteiger partial charge in [0.15, 0.2) is 0 Å². The Morgan fingerprint density at radius 2 is 1.73 bits per heavy atom. The number of nitrogens with zero attached hydrogens (tertiary/aromatic N) is 2. The lowest BCUT2D eigenvalue weighted by atomic mass is 10.1. The quantitative estimate of drug-likeness (QED) is 0.803. The van der Waals surface area contributed by atoms with Gasteiger partial charge in [0.1, 0.15) is 5.75 Å².